The zero-order chi connectivity index (χ0) is 15.2. The molecule has 21 heavy (non-hydrogen) atoms. The number of morpholine rings is 1. The number of nitrogens with zero attached hydrogens (tertiary/aromatic N) is 1. The van der Waals surface area contributed by atoms with Crippen molar-refractivity contribution in [1.29, 1.82) is 0 Å². The quantitative estimate of drug-likeness (QED) is 0.863. The van der Waals surface area contributed by atoms with Crippen LogP contribution in [0.25, 0.3) is 0 Å². The van der Waals surface area contributed by atoms with Crippen molar-refractivity contribution in [1.82, 2.24) is 4.90 Å². The van der Waals surface area contributed by atoms with Crippen LogP contribution in [-0.4, -0.2) is 61.7 Å². The fourth-order valence-corrected chi connectivity index (χ4v) is 2.67. The van der Waals surface area contributed by atoms with Gasteiger partial charge in [-0.2, -0.15) is 0 Å². The monoisotopic (exact) mass is 295 g/mol. The molecular formula is C16H25NO4. The van der Waals surface area contributed by atoms with Gasteiger partial charge < -0.3 is 19.3 Å². The van der Waals surface area contributed by atoms with Crippen LogP contribution in [0.1, 0.15) is 13.8 Å². The molecule has 1 aromatic rings. The fraction of sp³-hybridized carbons (Fsp3) is 0.625. The van der Waals surface area contributed by atoms with Crippen molar-refractivity contribution in [2.24, 2.45) is 0 Å². The molecule has 1 N–H and O–H groups in total. The average molecular weight is 295 g/mol. The highest BCUT2D eigenvalue weighted by Gasteiger charge is 2.23. The van der Waals surface area contributed by atoms with E-state index in [1.165, 1.54) is 0 Å². The molecule has 1 fully saturated rings. The molecule has 1 heterocycles. The summed E-state index contributed by atoms with van der Waals surface area (Å²) in [6.45, 7) is 6.68. The summed E-state index contributed by atoms with van der Waals surface area (Å²) in [7, 11) is 1.62. The third kappa shape index (κ3) is 5.19. The predicted molar refractivity (Wildman–Crippen MR) is 80.9 cm³/mol. The van der Waals surface area contributed by atoms with Gasteiger partial charge in [-0.15, -0.1) is 0 Å². The third-order valence-corrected chi connectivity index (χ3v) is 3.45. The molecule has 118 valence electrons. The number of rotatable bonds is 6. The second-order valence-corrected chi connectivity index (χ2v) is 5.62. The van der Waals surface area contributed by atoms with Gasteiger partial charge in [-0.1, -0.05) is 6.07 Å². The molecule has 0 saturated carbocycles. The molecule has 0 amide bonds. The lowest BCUT2D eigenvalue weighted by atomic mass is 10.2. The molecule has 1 aromatic carbocycles. The Morgan fingerprint density at radius 2 is 1.95 bits per heavy atom. The molecule has 2 rings (SSSR count). The van der Waals surface area contributed by atoms with E-state index in [2.05, 4.69) is 18.7 Å². The first kappa shape index (κ1) is 16.1. The van der Waals surface area contributed by atoms with Gasteiger partial charge in [0, 0.05) is 25.7 Å². The van der Waals surface area contributed by atoms with Gasteiger partial charge in [-0.25, -0.2) is 0 Å². The van der Waals surface area contributed by atoms with Crippen molar-refractivity contribution in [3.05, 3.63) is 24.3 Å². The maximum Gasteiger partial charge on any atom is 0.123 e. The zero-order valence-corrected chi connectivity index (χ0v) is 13.0. The second kappa shape index (κ2) is 7.64. The van der Waals surface area contributed by atoms with Crippen LogP contribution in [0.4, 0.5) is 0 Å². The van der Waals surface area contributed by atoms with Gasteiger partial charge >= 0.3 is 0 Å². The van der Waals surface area contributed by atoms with E-state index in [9.17, 15) is 5.11 Å². The number of aliphatic hydroxyl groups excluding tert-OH is 1. The third-order valence-electron chi connectivity index (χ3n) is 3.45. The molecule has 1 saturated heterocycles. The normalized spacial score (nSPS) is 24.6. The number of hydrogen-bond donors (Lipinski definition) is 1. The topological polar surface area (TPSA) is 51.2 Å². The van der Waals surface area contributed by atoms with Crippen molar-refractivity contribution in [2.75, 3.05) is 33.4 Å². The molecule has 1 aliphatic heterocycles. The first-order chi connectivity index (χ1) is 10.1. The van der Waals surface area contributed by atoms with Gasteiger partial charge in [0.25, 0.3) is 0 Å². The minimum Gasteiger partial charge on any atom is -0.497 e. The molecule has 5 heteroatoms. The van der Waals surface area contributed by atoms with Crippen molar-refractivity contribution in [3.8, 4) is 11.5 Å². The van der Waals surface area contributed by atoms with Crippen LogP contribution in [0.5, 0.6) is 11.5 Å². The Balaban J connectivity index is 1.77. The van der Waals surface area contributed by atoms with Gasteiger partial charge in [0.2, 0.25) is 0 Å². The Labute approximate surface area is 126 Å². The van der Waals surface area contributed by atoms with E-state index in [4.69, 9.17) is 14.2 Å². The Morgan fingerprint density at radius 1 is 1.29 bits per heavy atom. The molecule has 0 radical (unpaired) electrons. The van der Waals surface area contributed by atoms with Crippen molar-refractivity contribution < 1.29 is 19.3 Å². The molecule has 5 nitrogen and oxygen atoms in total. The standard InChI is InChI=1S/C16H25NO4/c1-12-8-17(9-13(2)21-12)10-14(18)11-20-16-6-4-5-15(7-16)19-3/h4-7,12-14,18H,8-11H2,1-3H3/t12-,13-,14-/m0/s1. The number of ether oxygens (including phenoxy) is 3. The maximum absolute atomic E-state index is 10.1. The number of aliphatic hydroxyl groups is 1. The van der Waals surface area contributed by atoms with Gasteiger partial charge in [0.15, 0.2) is 0 Å². The Hall–Kier alpha value is -1.30. The molecule has 0 aliphatic carbocycles. The van der Waals surface area contributed by atoms with Crippen LogP contribution < -0.4 is 9.47 Å². The maximum atomic E-state index is 10.1. The predicted octanol–water partition coefficient (Wildman–Crippen LogP) is 1.54. The van der Waals surface area contributed by atoms with Crippen molar-refractivity contribution in [2.45, 2.75) is 32.2 Å². The lowest BCUT2D eigenvalue weighted by Gasteiger charge is -2.36. The number of hydrogen-bond acceptors (Lipinski definition) is 5. The van der Waals surface area contributed by atoms with Crippen molar-refractivity contribution >= 4 is 0 Å². The zero-order valence-electron chi connectivity index (χ0n) is 13.0. The van der Waals surface area contributed by atoms with Crippen LogP contribution in [0.15, 0.2) is 24.3 Å². The van der Waals surface area contributed by atoms with E-state index in [0.29, 0.717) is 12.3 Å². The van der Waals surface area contributed by atoms with Gasteiger partial charge in [-0.05, 0) is 26.0 Å². The highest BCUT2D eigenvalue weighted by molar-refractivity contribution is 5.32. The highest BCUT2D eigenvalue weighted by Crippen LogP contribution is 2.19. The first-order valence-electron chi connectivity index (χ1n) is 7.39. The number of benzene rings is 1. The molecular weight excluding hydrogens is 270 g/mol. The Kier molecular flexibility index (Phi) is 5.85. The SMILES string of the molecule is COc1cccc(OC[C@@H](O)CN2C[C@H](C)O[C@@H](C)C2)c1. The van der Waals surface area contributed by atoms with Gasteiger partial charge in [0.1, 0.15) is 24.2 Å². The molecule has 1 aliphatic rings. The molecule has 0 aromatic heterocycles. The fourth-order valence-electron chi connectivity index (χ4n) is 2.67. The van der Waals surface area contributed by atoms with Crippen LogP contribution in [-0.2, 0) is 4.74 Å². The average Bonchev–Trinajstić information content (AvgIpc) is 2.44. The van der Waals surface area contributed by atoms with Crippen LogP contribution in [0, 0.1) is 0 Å². The van der Waals surface area contributed by atoms with E-state index in [1.807, 2.05) is 24.3 Å². The Morgan fingerprint density at radius 3 is 2.62 bits per heavy atom. The van der Waals surface area contributed by atoms with Crippen LogP contribution in [0.3, 0.4) is 0 Å². The smallest absolute Gasteiger partial charge is 0.123 e. The summed E-state index contributed by atoms with van der Waals surface area (Å²) < 4.78 is 16.4. The summed E-state index contributed by atoms with van der Waals surface area (Å²) in [4.78, 5) is 2.22. The number of methoxy groups -OCH3 is 1. The first-order valence-corrected chi connectivity index (χ1v) is 7.39. The van der Waals surface area contributed by atoms with E-state index in [-0.39, 0.29) is 18.8 Å². The summed E-state index contributed by atoms with van der Waals surface area (Å²) in [5.41, 5.74) is 0. The highest BCUT2D eigenvalue weighted by atomic mass is 16.5. The minimum absolute atomic E-state index is 0.209. The van der Waals surface area contributed by atoms with Crippen LogP contribution >= 0.6 is 0 Å². The summed E-state index contributed by atoms with van der Waals surface area (Å²) >= 11 is 0. The largest absolute Gasteiger partial charge is 0.497 e. The molecule has 0 unspecified atom stereocenters. The van der Waals surface area contributed by atoms with Crippen LogP contribution in [0.2, 0.25) is 0 Å². The Bertz CT molecular complexity index is 430. The lowest BCUT2D eigenvalue weighted by Crippen LogP contribution is -2.48. The molecule has 0 spiro atoms. The molecule has 3 atom stereocenters. The summed E-state index contributed by atoms with van der Waals surface area (Å²) in [6, 6.07) is 7.39. The minimum atomic E-state index is -0.520. The summed E-state index contributed by atoms with van der Waals surface area (Å²) in [5.74, 6) is 1.45. The van der Waals surface area contributed by atoms with E-state index >= 15 is 0 Å². The number of β-amino-alcohol motifs (C(OH)–C–C–N with tert-alkyl or cyclic N) is 1. The summed E-state index contributed by atoms with van der Waals surface area (Å²) in [6.07, 6.45) is -0.103. The van der Waals surface area contributed by atoms with Gasteiger partial charge in [-0.3, -0.25) is 4.90 Å². The van der Waals surface area contributed by atoms with E-state index < -0.39 is 6.10 Å². The lowest BCUT2D eigenvalue weighted by molar-refractivity contribution is -0.0786. The van der Waals surface area contributed by atoms with Crippen molar-refractivity contribution in [3.63, 3.8) is 0 Å². The van der Waals surface area contributed by atoms with Gasteiger partial charge in [0.05, 0.1) is 19.3 Å². The second-order valence-electron chi connectivity index (χ2n) is 5.62. The van der Waals surface area contributed by atoms with E-state index in [0.717, 1.165) is 18.8 Å². The van der Waals surface area contributed by atoms with E-state index in [1.54, 1.807) is 7.11 Å². The molecule has 0 bridgehead atoms. The summed E-state index contributed by atoms with van der Waals surface area (Å²) in [5, 5.41) is 10.1.